The van der Waals surface area contributed by atoms with Crippen molar-refractivity contribution in [3.63, 3.8) is 0 Å². The van der Waals surface area contributed by atoms with Crippen LogP contribution in [0.15, 0.2) is 48.2 Å². The summed E-state index contributed by atoms with van der Waals surface area (Å²) in [5.41, 5.74) is -0.193. The van der Waals surface area contributed by atoms with E-state index >= 15 is 0 Å². The number of hydrogen-bond acceptors (Lipinski definition) is 6. The highest BCUT2D eigenvalue weighted by Crippen LogP contribution is 2.36. The van der Waals surface area contributed by atoms with Gasteiger partial charge in [0.1, 0.15) is 0 Å². The molecule has 1 atom stereocenters. The van der Waals surface area contributed by atoms with Crippen molar-refractivity contribution in [3.05, 3.63) is 75.5 Å². The molecule has 0 aromatic heterocycles. The Morgan fingerprint density at radius 1 is 1.15 bits per heavy atom. The van der Waals surface area contributed by atoms with Gasteiger partial charge in [-0.25, -0.2) is 18.4 Å². The van der Waals surface area contributed by atoms with Crippen LogP contribution in [0.5, 0.6) is 5.75 Å². The van der Waals surface area contributed by atoms with Gasteiger partial charge in [-0.15, -0.1) is 5.06 Å². The molecule has 1 heterocycles. The maximum Gasteiger partial charge on any atom is 0.450 e. The Hall–Kier alpha value is -3.78. The van der Waals surface area contributed by atoms with Gasteiger partial charge in [-0.05, 0) is 29.8 Å². The van der Waals surface area contributed by atoms with Crippen molar-refractivity contribution in [2.45, 2.75) is 6.04 Å². The quantitative estimate of drug-likeness (QED) is 0.471. The number of benzene rings is 2. The minimum absolute atomic E-state index is 0.00927. The van der Waals surface area contributed by atoms with E-state index in [2.05, 4.69) is 0 Å². The highest BCUT2D eigenvalue weighted by atomic mass is 19.2. The van der Waals surface area contributed by atoms with Crippen LogP contribution in [0.4, 0.5) is 19.3 Å². The van der Waals surface area contributed by atoms with Crippen molar-refractivity contribution >= 4 is 17.7 Å². The van der Waals surface area contributed by atoms with E-state index in [1.165, 1.54) is 18.1 Å². The van der Waals surface area contributed by atoms with Gasteiger partial charge in [0.15, 0.2) is 29.4 Å². The van der Waals surface area contributed by atoms with E-state index in [4.69, 9.17) is 9.57 Å². The van der Waals surface area contributed by atoms with Crippen LogP contribution >= 0.6 is 0 Å². The number of halogens is 2. The molecule has 3 rings (SSSR count). The largest absolute Gasteiger partial charge is 0.450 e. The SMILES string of the molecule is O=C=C1OC(=O)N(Oc2ccc([N+](=O)[O-])cc2)C1c1ccc(F)c(F)c1. The van der Waals surface area contributed by atoms with Crippen LogP contribution in [-0.2, 0) is 9.53 Å². The van der Waals surface area contributed by atoms with Crippen LogP contribution in [0.25, 0.3) is 0 Å². The predicted octanol–water partition coefficient (Wildman–Crippen LogP) is 3.08. The maximum absolute atomic E-state index is 13.5. The summed E-state index contributed by atoms with van der Waals surface area (Å²) in [7, 11) is 0. The Kier molecular flexibility index (Phi) is 4.34. The zero-order valence-electron chi connectivity index (χ0n) is 12.7. The molecule has 132 valence electrons. The standard InChI is InChI=1S/C16H8F2N2O6/c17-12-6-1-9(7-13(12)18)15-14(8-21)25-16(22)19(15)26-11-4-2-10(3-5-11)20(23)24/h1-7,15H. The molecule has 1 aliphatic heterocycles. The van der Waals surface area contributed by atoms with E-state index in [9.17, 15) is 28.5 Å². The molecule has 0 saturated carbocycles. The number of nitro benzene ring substituents is 1. The molecule has 10 heteroatoms. The highest BCUT2D eigenvalue weighted by Gasteiger charge is 2.43. The number of nitrogens with zero attached hydrogens (tertiary/aromatic N) is 2. The number of hydrogen-bond donors (Lipinski definition) is 0. The van der Waals surface area contributed by atoms with Crippen molar-refractivity contribution in [2.24, 2.45) is 0 Å². The monoisotopic (exact) mass is 362 g/mol. The molecule has 1 fully saturated rings. The fourth-order valence-corrected chi connectivity index (χ4v) is 2.28. The number of hydroxylamine groups is 2. The van der Waals surface area contributed by atoms with Gasteiger partial charge in [0.25, 0.3) is 5.69 Å². The van der Waals surface area contributed by atoms with E-state index < -0.39 is 34.5 Å². The molecule has 26 heavy (non-hydrogen) atoms. The summed E-state index contributed by atoms with van der Waals surface area (Å²) >= 11 is 0. The van der Waals surface area contributed by atoms with Crippen LogP contribution in [0.3, 0.4) is 0 Å². The topological polar surface area (TPSA) is 99.0 Å². The molecule has 1 saturated heterocycles. The second kappa shape index (κ2) is 6.61. The summed E-state index contributed by atoms with van der Waals surface area (Å²) in [5.74, 6) is -1.37. The molecule has 2 aromatic rings. The number of amides is 1. The Morgan fingerprint density at radius 3 is 2.42 bits per heavy atom. The Balaban J connectivity index is 1.94. The van der Waals surface area contributed by atoms with Crippen LogP contribution in [-0.4, -0.2) is 22.0 Å². The fraction of sp³-hybridized carbons (Fsp3) is 0.0625. The lowest BCUT2D eigenvalue weighted by atomic mass is 10.1. The molecule has 1 amide bonds. The first-order valence-electron chi connectivity index (χ1n) is 7.04. The van der Waals surface area contributed by atoms with Crippen molar-refractivity contribution in [3.8, 4) is 5.75 Å². The van der Waals surface area contributed by atoms with E-state index in [1.807, 2.05) is 0 Å². The molecule has 0 spiro atoms. The summed E-state index contributed by atoms with van der Waals surface area (Å²) in [5, 5.41) is 11.3. The third-order valence-corrected chi connectivity index (χ3v) is 3.47. The Bertz CT molecular complexity index is 940. The molecular weight excluding hydrogens is 354 g/mol. The van der Waals surface area contributed by atoms with E-state index in [0.29, 0.717) is 5.06 Å². The molecular formula is C16H8F2N2O6. The first-order valence-corrected chi connectivity index (χ1v) is 7.04. The third kappa shape index (κ3) is 3.08. The normalized spacial score (nSPS) is 16.2. The van der Waals surface area contributed by atoms with Gasteiger partial charge < -0.3 is 9.57 Å². The fourth-order valence-electron chi connectivity index (χ4n) is 2.28. The van der Waals surface area contributed by atoms with Gasteiger partial charge in [-0.3, -0.25) is 10.1 Å². The predicted molar refractivity (Wildman–Crippen MR) is 80.3 cm³/mol. The zero-order chi connectivity index (χ0) is 18.8. The average Bonchev–Trinajstić information content (AvgIpc) is 2.93. The Labute approximate surface area is 144 Å². The van der Waals surface area contributed by atoms with Crippen molar-refractivity contribution < 1.29 is 32.9 Å². The number of non-ortho nitro benzene ring substituents is 1. The summed E-state index contributed by atoms with van der Waals surface area (Å²) in [6.45, 7) is 0. The average molecular weight is 362 g/mol. The highest BCUT2D eigenvalue weighted by molar-refractivity contribution is 5.76. The summed E-state index contributed by atoms with van der Waals surface area (Å²) in [6, 6.07) is 6.16. The minimum atomic E-state index is -1.30. The Morgan fingerprint density at radius 2 is 1.85 bits per heavy atom. The molecule has 1 aliphatic rings. The number of carbonyl (C=O) groups excluding carboxylic acids is 2. The van der Waals surface area contributed by atoms with Crippen LogP contribution in [0.1, 0.15) is 11.6 Å². The van der Waals surface area contributed by atoms with Crippen molar-refractivity contribution in [1.29, 1.82) is 0 Å². The first kappa shape index (κ1) is 17.1. The number of ether oxygens (including phenoxy) is 1. The van der Waals surface area contributed by atoms with E-state index in [-0.39, 0.29) is 17.0 Å². The molecule has 0 N–H and O–H groups in total. The maximum atomic E-state index is 13.5. The molecule has 2 aromatic carbocycles. The lowest BCUT2D eigenvalue weighted by molar-refractivity contribution is -0.384. The summed E-state index contributed by atoms with van der Waals surface area (Å²) in [6.07, 6.45) is -1.09. The number of cyclic esters (lactones) is 1. The first-order chi connectivity index (χ1) is 12.4. The van der Waals surface area contributed by atoms with Gasteiger partial charge in [0, 0.05) is 12.1 Å². The smallest absolute Gasteiger partial charge is 0.398 e. The van der Waals surface area contributed by atoms with Crippen LogP contribution in [0, 0.1) is 21.7 Å². The number of carbonyl (C=O) groups is 1. The third-order valence-electron chi connectivity index (χ3n) is 3.47. The van der Waals surface area contributed by atoms with Crippen LogP contribution in [0.2, 0.25) is 0 Å². The van der Waals surface area contributed by atoms with Gasteiger partial charge in [0.2, 0.25) is 5.76 Å². The lowest BCUT2D eigenvalue weighted by Gasteiger charge is -2.20. The molecule has 0 bridgehead atoms. The summed E-state index contributed by atoms with van der Waals surface area (Å²) < 4.78 is 31.4. The van der Waals surface area contributed by atoms with Crippen molar-refractivity contribution in [2.75, 3.05) is 0 Å². The molecule has 8 nitrogen and oxygen atoms in total. The van der Waals surface area contributed by atoms with E-state index in [0.717, 1.165) is 30.3 Å². The van der Waals surface area contributed by atoms with Gasteiger partial charge in [0.05, 0.1) is 4.92 Å². The van der Waals surface area contributed by atoms with E-state index in [1.54, 1.807) is 0 Å². The van der Waals surface area contributed by atoms with Gasteiger partial charge >= 0.3 is 6.09 Å². The number of rotatable bonds is 4. The zero-order valence-corrected chi connectivity index (χ0v) is 12.7. The second-order valence-electron chi connectivity index (χ2n) is 5.08. The molecule has 1 unspecified atom stereocenters. The molecule has 0 radical (unpaired) electrons. The molecule has 0 aliphatic carbocycles. The van der Waals surface area contributed by atoms with Crippen LogP contribution < -0.4 is 4.84 Å². The number of nitro groups is 1. The van der Waals surface area contributed by atoms with Crippen molar-refractivity contribution in [1.82, 2.24) is 5.06 Å². The second-order valence-corrected chi connectivity index (χ2v) is 5.08. The van der Waals surface area contributed by atoms with Gasteiger partial charge in [-0.1, -0.05) is 6.07 Å². The lowest BCUT2D eigenvalue weighted by Crippen LogP contribution is -2.31. The van der Waals surface area contributed by atoms with Gasteiger partial charge in [-0.2, -0.15) is 0 Å². The minimum Gasteiger partial charge on any atom is -0.398 e. The summed E-state index contributed by atoms with van der Waals surface area (Å²) in [4.78, 5) is 38.4.